The summed E-state index contributed by atoms with van der Waals surface area (Å²) in [6.07, 6.45) is 2.41. The Morgan fingerprint density at radius 3 is 1.70 bits per heavy atom. The zero-order valence-corrected chi connectivity index (χ0v) is 29.4. The van der Waals surface area contributed by atoms with Gasteiger partial charge in [0, 0.05) is 12.6 Å². The van der Waals surface area contributed by atoms with Gasteiger partial charge in [0.2, 0.25) is 0 Å². The fourth-order valence-corrected chi connectivity index (χ4v) is 4.81. The summed E-state index contributed by atoms with van der Waals surface area (Å²) < 4.78 is 0. The first kappa shape index (κ1) is 43.1. The smallest absolute Gasteiger partial charge is 0.326 e. The molecule has 0 fully saturated rings. The molecule has 2 heterocycles. The van der Waals surface area contributed by atoms with Crippen molar-refractivity contribution in [2.24, 2.45) is 11.8 Å². The van der Waals surface area contributed by atoms with Gasteiger partial charge in [0.25, 0.3) is 23.6 Å². The first-order valence-corrected chi connectivity index (χ1v) is 15.8. The lowest BCUT2D eigenvalue weighted by Gasteiger charge is -2.21. The average Bonchev–Trinajstić information content (AvgIpc) is 3.70. The first-order valence-electron chi connectivity index (χ1n) is 15.8. The van der Waals surface area contributed by atoms with Crippen molar-refractivity contribution in [1.82, 2.24) is 46.5 Å². The highest BCUT2D eigenvalue weighted by Crippen LogP contribution is 2.11. The number of carbonyl (C=O) groups is 7. The number of carboxylic acids is 2. The second kappa shape index (κ2) is 20.6. The molecule has 50 heavy (non-hydrogen) atoms. The normalized spacial score (nSPS) is 13.4. The van der Waals surface area contributed by atoms with E-state index in [1.807, 2.05) is 33.0 Å². The third-order valence-electron chi connectivity index (χ3n) is 7.11. The largest absolute Gasteiger partial charge is 0.481 e. The number of ketones is 1. The molecule has 2 aromatic rings. The Morgan fingerprint density at radius 2 is 1.24 bits per heavy atom. The highest BCUT2D eigenvalue weighted by molar-refractivity contribution is 6.07. The molecule has 0 radical (unpaired) electrons. The minimum Gasteiger partial charge on any atom is -0.481 e. The fourth-order valence-electron chi connectivity index (χ4n) is 4.81. The maximum Gasteiger partial charge on any atom is 0.326 e. The maximum absolute atomic E-state index is 13.2. The number of amides is 4. The second-order valence-electron chi connectivity index (χ2n) is 12.4. The maximum atomic E-state index is 13.2. The third-order valence-corrected chi connectivity index (χ3v) is 7.11. The average molecular weight is 728 g/mol. The molecule has 0 aromatic carbocycles. The summed E-state index contributed by atoms with van der Waals surface area (Å²) in [5, 5.41) is 31.2. The standard InChI is InChI=1S/C30H46N10O9.ClH/c1-14(2)6-17(9-31)38-27(45)23-25(36-13-34-23)28(46)39-18(7-15(3)4)20(41)11-32-10-16(5)37-26(44)22-24(35-12-33-22)29(47)40-19(30(48)49)8-21(42)43;/h12-19,32H,6-11,31H2,1-5H3,(H,33,35)(H,34,36)(H,37,44)(H,38,45)(H,39,46)(H,40,47)(H,42,43)(H,48,49);1H/p+1/t16-,17-,18-,19-;/m0./s1. The summed E-state index contributed by atoms with van der Waals surface area (Å²) in [5.41, 5.74) is 2.97. The zero-order valence-electron chi connectivity index (χ0n) is 28.6. The van der Waals surface area contributed by atoms with Crippen LogP contribution in [-0.4, -0.2) is 115 Å². The molecule has 4 atom stereocenters. The highest BCUT2D eigenvalue weighted by atomic mass is 35.5. The van der Waals surface area contributed by atoms with E-state index in [1.165, 1.54) is 6.33 Å². The summed E-state index contributed by atoms with van der Waals surface area (Å²) in [5.74, 6) is -6.04. The number of imidazole rings is 2. The minimum atomic E-state index is -1.74. The number of aliphatic carboxylic acids is 2. The lowest BCUT2D eigenvalue weighted by atomic mass is 9.99. The van der Waals surface area contributed by atoms with Crippen LogP contribution in [0.4, 0.5) is 0 Å². The van der Waals surface area contributed by atoms with Gasteiger partial charge in [0.1, 0.15) is 17.4 Å². The van der Waals surface area contributed by atoms with Crippen molar-refractivity contribution in [1.29, 1.82) is 0 Å². The topological polar surface area (TPSA) is 305 Å². The van der Waals surface area contributed by atoms with Gasteiger partial charge in [-0.25, -0.2) is 14.8 Å². The van der Waals surface area contributed by atoms with Gasteiger partial charge in [-0.2, -0.15) is 0 Å². The number of rotatable bonds is 21. The molecule has 2 rings (SSSR count). The molecule has 4 amide bonds. The monoisotopic (exact) mass is 727 g/mol. The molecule has 12 N–H and O–H groups in total. The van der Waals surface area contributed by atoms with Crippen LogP contribution in [0, 0.1) is 11.8 Å². The van der Waals surface area contributed by atoms with E-state index < -0.39 is 60.1 Å². The summed E-state index contributed by atoms with van der Waals surface area (Å²) >= 11 is 0. The number of Topliss-reactive ketones (excluding diaryl/α,β-unsaturated/α-hetero) is 1. The fraction of sp³-hybridized carbons (Fsp3) is 0.567. The van der Waals surface area contributed by atoms with Gasteiger partial charge in [0.05, 0.1) is 44.2 Å². The van der Waals surface area contributed by atoms with Crippen LogP contribution in [0.15, 0.2) is 12.7 Å². The molecular weight excluding hydrogens is 680 g/mol. The molecule has 19 nitrogen and oxygen atoms in total. The highest BCUT2D eigenvalue weighted by Gasteiger charge is 2.29. The van der Waals surface area contributed by atoms with Crippen LogP contribution >= 0.6 is 12.4 Å². The number of H-pyrrole nitrogens is 2. The van der Waals surface area contributed by atoms with E-state index in [9.17, 15) is 38.7 Å². The molecule has 0 saturated carbocycles. The molecule has 0 bridgehead atoms. The Labute approximate surface area is 294 Å². The Bertz CT molecular complexity index is 1490. The first-order chi connectivity index (χ1) is 23.0. The van der Waals surface area contributed by atoms with E-state index >= 15 is 0 Å². The number of hydrogen-bond acceptors (Lipinski definition) is 10. The molecule has 0 spiro atoms. The van der Waals surface area contributed by atoms with Crippen molar-refractivity contribution < 1.29 is 49.5 Å². The summed E-state index contributed by atoms with van der Waals surface area (Å²) in [6.45, 7) is 9.82. The van der Waals surface area contributed by atoms with Gasteiger partial charge in [-0.05, 0) is 31.6 Å². The van der Waals surface area contributed by atoms with Gasteiger partial charge >= 0.3 is 11.9 Å². The van der Waals surface area contributed by atoms with Crippen molar-refractivity contribution in [3.8, 4) is 0 Å². The van der Waals surface area contributed by atoms with E-state index in [-0.39, 0.29) is 66.0 Å². The number of nitrogens with zero attached hydrogens (tertiary/aromatic N) is 2. The minimum absolute atomic E-state index is 0. The van der Waals surface area contributed by atoms with E-state index in [0.717, 1.165) is 6.33 Å². The van der Waals surface area contributed by atoms with Crippen molar-refractivity contribution in [3.05, 3.63) is 35.4 Å². The van der Waals surface area contributed by atoms with Crippen molar-refractivity contribution in [2.75, 3.05) is 19.6 Å². The quantitative estimate of drug-likeness (QED) is 0.0719. The summed E-state index contributed by atoms with van der Waals surface area (Å²) in [4.78, 5) is 99.9. The molecule has 20 heteroatoms. The zero-order chi connectivity index (χ0) is 36.8. The molecule has 0 saturated heterocycles. The Kier molecular flexibility index (Phi) is 17.8. The van der Waals surface area contributed by atoms with Gasteiger partial charge in [0.15, 0.2) is 17.2 Å². The van der Waals surface area contributed by atoms with Crippen molar-refractivity contribution in [2.45, 2.75) is 78.0 Å². The van der Waals surface area contributed by atoms with Crippen LogP contribution in [0.2, 0.25) is 0 Å². The van der Waals surface area contributed by atoms with Gasteiger partial charge < -0.3 is 52.5 Å². The van der Waals surface area contributed by atoms with Gasteiger partial charge in [-0.3, -0.25) is 28.8 Å². The van der Waals surface area contributed by atoms with Gasteiger partial charge in [-0.1, -0.05) is 27.7 Å². The predicted molar refractivity (Wildman–Crippen MR) is 180 cm³/mol. The van der Waals surface area contributed by atoms with Gasteiger partial charge in [-0.15, -0.1) is 12.4 Å². The lowest BCUT2D eigenvalue weighted by Crippen LogP contribution is -2.60. The van der Waals surface area contributed by atoms with Crippen LogP contribution in [0.1, 0.15) is 95.8 Å². The van der Waals surface area contributed by atoms with Crippen LogP contribution in [0.25, 0.3) is 0 Å². The number of carboxylic acid groups (broad SMARTS) is 2. The Morgan fingerprint density at radius 1 is 0.740 bits per heavy atom. The second-order valence-corrected chi connectivity index (χ2v) is 12.4. The molecule has 278 valence electrons. The number of quaternary nitrogens is 1. The van der Waals surface area contributed by atoms with Crippen LogP contribution in [0.5, 0.6) is 0 Å². The Balaban J connectivity index is 0.0000125. The summed E-state index contributed by atoms with van der Waals surface area (Å²) in [6, 6.07) is -3.43. The molecular formula is C30H48ClN10O9+. The van der Waals surface area contributed by atoms with E-state index in [2.05, 4.69) is 46.9 Å². The lowest BCUT2D eigenvalue weighted by molar-refractivity contribution is -0.373. The predicted octanol–water partition coefficient (Wildman–Crippen LogP) is -1.28. The number of halogens is 1. The van der Waals surface area contributed by atoms with E-state index in [0.29, 0.717) is 25.3 Å². The number of carbonyl (C=O) groups excluding carboxylic acids is 5. The Hall–Kier alpha value is -4.88. The van der Waals surface area contributed by atoms with E-state index in [4.69, 9.17) is 5.11 Å². The SMILES string of the molecule is CC(C)C[C@@H](C[NH3+])NC(=O)c1nc[nH]c1C(=O)N[C@@H](CC(C)C)C(=O)CNC[C@H](C)NC(=O)c1nc[nH]c1C(=O)N[C@@H](CC(=O)O)C(=O)O.Cl. The van der Waals surface area contributed by atoms with Crippen LogP contribution in [-0.2, 0) is 14.4 Å². The van der Waals surface area contributed by atoms with E-state index in [1.54, 1.807) is 6.92 Å². The summed E-state index contributed by atoms with van der Waals surface area (Å²) in [7, 11) is 0. The molecule has 0 aliphatic heterocycles. The number of aromatic amines is 2. The van der Waals surface area contributed by atoms with Crippen molar-refractivity contribution >= 4 is 53.8 Å². The molecule has 0 unspecified atom stereocenters. The third kappa shape index (κ3) is 13.6. The number of aromatic nitrogens is 4. The number of hydrogen-bond donors (Lipinski definition) is 10. The molecule has 0 aliphatic carbocycles. The van der Waals surface area contributed by atoms with Crippen molar-refractivity contribution in [3.63, 3.8) is 0 Å². The molecule has 0 aliphatic rings. The van der Waals surface area contributed by atoms with Crippen LogP contribution < -0.4 is 32.3 Å². The van der Waals surface area contributed by atoms with Crippen LogP contribution in [0.3, 0.4) is 0 Å². The number of nitrogens with one attached hydrogen (secondary N) is 7. The molecule has 2 aromatic heterocycles.